The average Bonchev–Trinajstić information content (AvgIpc) is 2.34. The van der Waals surface area contributed by atoms with Crippen molar-refractivity contribution in [3.05, 3.63) is 53.6 Å². The predicted molar refractivity (Wildman–Crippen MR) is 77.6 cm³/mol. The van der Waals surface area contributed by atoms with Crippen LogP contribution in [0.4, 0.5) is 11.4 Å². The number of benzene rings is 2. The van der Waals surface area contributed by atoms with Gasteiger partial charge < -0.3 is 5.73 Å². The normalized spacial score (nSPS) is 11.3. The van der Waals surface area contributed by atoms with Gasteiger partial charge in [0.1, 0.15) is 0 Å². The smallest absolute Gasteiger partial charge is 0.261 e. The van der Waals surface area contributed by atoms with Gasteiger partial charge in [0, 0.05) is 11.4 Å². The molecule has 0 aliphatic rings. The van der Waals surface area contributed by atoms with Crippen molar-refractivity contribution in [3.8, 4) is 0 Å². The molecule has 3 N–H and O–H groups in total. The van der Waals surface area contributed by atoms with Gasteiger partial charge in [0.2, 0.25) is 0 Å². The molecule has 0 spiro atoms. The standard InChI is InChI=1S/C14H16N2O2S/c1-10-3-6-13(7-4-10)19(17,18)16-12-5-8-14(15)11(2)9-12/h3-9,16H,15H2,1-2H3. The molecule has 19 heavy (non-hydrogen) atoms. The fraction of sp³-hybridized carbons (Fsp3) is 0.143. The third kappa shape index (κ3) is 3.06. The summed E-state index contributed by atoms with van der Waals surface area (Å²) in [4.78, 5) is 0.243. The second kappa shape index (κ2) is 4.93. The molecular weight excluding hydrogens is 260 g/mol. The molecule has 2 aromatic rings. The fourth-order valence-electron chi connectivity index (χ4n) is 1.67. The highest BCUT2D eigenvalue weighted by Crippen LogP contribution is 2.20. The molecule has 0 fully saturated rings. The van der Waals surface area contributed by atoms with Crippen LogP contribution in [0.1, 0.15) is 11.1 Å². The molecule has 0 bridgehead atoms. The van der Waals surface area contributed by atoms with Gasteiger partial charge in [-0.2, -0.15) is 0 Å². The van der Waals surface area contributed by atoms with Gasteiger partial charge in [-0.05, 0) is 49.7 Å². The Labute approximate surface area is 113 Å². The van der Waals surface area contributed by atoms with Crippen LogP contribution >= 0.6 is 0 Å². The summed E-state index contributed by atoms with van der Waals surface area (Å²) in [7, 11) is -3.55. The Morgan fingerprint density at radius 2 is 1.63 bits per heavy atom. The number of sulfonamides is 1. The summed E-state index contributed by atoms with van der Waals surface area (Å²) in [6.45, 7) is 3.74. The molecule has 0 amide bonds. The van der Waals surface area contributed by atoms with Crippen LogP contribution in [0, 0.1) is 13.8 Å². The van der Waals surface area contributed by atoms with Crippen LogP contribution in [0.2, 0.25) is 0 Å². The molecule has 0 saturated carbocycles. The van der Waals surface area contributed by atoms with Gasteiger partial charge in [0.25, 0.3) is 10.0 Å². The van der Waals surface area contributed by atoms with Crippen molar-refractivity contribution < 1.29 is 8.42 Å². The highest BCUT2D eigenvalue weighted by Gasteiger charge is 2.13. The highest BCUT2D eigenvalue weighted by molar-refractivity contribution is 7.92. The number of hydrogen-bond donors (Lipinski definition) is 2. The minimum Gasteiger partial charge on any atom is -0.399 e. The maximum absolute atomic E-state index is 12.2. The number of nitrogens with one attached hydrogen (secondary N) is 1. The van der Waals surface area contributed by atoms with Gasteiger partial charge in [-0.1, -0.05) is 17.7 Å². The molecule has 4 nitrogen and oxygen atoms in total. The van der Waals surface area contributed by atoms with E-state index in [1.807, 2.05) is 13.8 Å². The van der Waals surface area contributed by atoms with E-state index in [1.165, 1.54) is 0 Å². The summed E-state index contributed by atoms with van der Waals surface area (Å²) < 4.78 is 26.9. The Hall–Kier alpha value is -2.01. The zero-order valence-corrected chi connectivity index (χ0v) is 11.7. The minimum absolute atomic E-state index is 0.243. The molecule has 0 saturated heterocycles. The second-order valence-electron chi connectivity index (χ2n) is 4.49. The van der Waals surface area contributed by atoms with Gasteiger partial charge in [-0.25, -0.2) is 8.42 Å². The predicted octanol–water partition coefficient (Wildman–Crippen LogP) is 2.69. The first-order chi connectivity index (χ1) is 8.88. The average molecular weight is 276 g/mol. The van der Waals surface area contributed by atoms with Crippen molar-refractivity contribution in [2.24, 2.45) is 0 Å². The molecule has 0 aliphatic heterocycles. The van der Waals surface area contributed by atoms with E-state index in [0.717, 1.165) is 11.1 Å². The van der Waals surface area contributed by atoms with E-state index in [-0.39, 0.29) is 4.90 Å². The van der Waals surface area contributed by atoms with E-state index < -0.39 is 10.0 Å². The molecule has 5 heteroatoms. The summed E-state index contributed by atoms with van der Waals surface area (Å²) >= 11 is 0. The third-order valence-electron chi connectivity index (χ3n) is 2.85. The lowest BCUT2D eigenvalue weighted by Gasteiger charge is -2.10. The molecule has 0 aliphatic carbocycles. The molecule has 0 atom stereocenters. The van der Waals surface area contributed by atoms with Crippen LogP contribution in [0.3, 0.4) is 0 Å². The van der Waals surface area contributed by atoms with Gasteiger partial charge in [-0.3, -0.25) is 4.72 Å². The van der Waals surface area contributed by atoms with Crippen molar-refractivity contribution in [3.63, 3.8) is 0 Å². The SMILES string of the molecule is Cc1ccc(S(=O)(=O)Nc2ccc(N)c(C)c2)cc1. The second-order valence-corrected chi connectivity index (χ2v) is 6.17. The Morgan fingerprint density at radius 1 is 1.00 bits per heavy atom. The van der Waals surface area contributed by atoms with Crippen LogP contribution in [0.15, 0.2) is 47.4 Å². The summed E-state index contributed by atoms with van der Waals surface area (Å²) in [6.07, 6.45) is 0. The fourth-order valence-corrected chi connectivity index (χ4v) is 2.72. The monoisotopic (exact) mass is 276 g/mol. The van der Waals surface area contributed by atoms with Crippen molar-refractivity contribution in [2.45, 2.75) is 18.7 Å². The van der Waals surface area contributed by atoms with Gasteiger partial charge in [0.05, 0.1) is 4.90 Å². The summed E-state index contributed by atoms with van der Waals surface area (Å²) in [6, 6.07) is 11.7. The highest BCUT2D eigenvalue weighted by atomic mass is 32.2. The van der Waals surface area contributed by atoms with Crippen molar-refractivity contribution in [1.29, 1.82) is 0 Å². The maximum Gasteiger partial charge on any atom is 0.261 e. The Balaban J connectivity index is 2.30. The molecular formula is C14H16N2O2S. The molecule has 0 unspecified atom stereocenters. The van der Waals surface area contributed by atoms with Crippen LogP contribution in [0.25, 0.3) is 0 Å². The number of hydrogen-bond acceptors (Lipinski definition) is 3. The number of aryl methyl sites for hydroxylation is 2. The maximum atomic E-state index is 12.2. The Morgan fingerprint density at radius 3 is 2.21 bits per heavy atom. The van der Waals surface area contributed by atoms with E-state index >= 15 is 0 Å². The molecule has 2 aromatic carbocycles. The third-order valence-corrected chi connectivity index (χ3v) is 4.25. The summed E-state index contributed by atoms with van der Waals surface area (Å²) in [5, 5.41) is 0. The molecule has 0 radical (unpaired) electrons. The van der Waals surface area contributed by atoms with E-state index in [1.54, 1.807) is 42.5 Å². The number of nitrogen functional groups attached to an aromatic ring is 1. The quantitative estimate of drug-likeness (QED) is 0.847. The van der Waals surface area contributed by atoms with E-state index in [4.69, 9.17) is 5.73 Å². The largest absolute Gasteiger partial charge is 0.399 e. The number of anilines is 2. The molecule has 2 rings (SSSR count). The van der Waals surface area contributed by atoms with Gasteiger partial charge in [-0.15, -0.1) is 0 Å². The topological polar surface area (TPSA) is 72.2 Å². The van der Waals surface area contributed by atoms with Crippen LogP contribution in [-0.2, 0) is 10.0 Å². The Kier molecular flexibility index (Phi) is 3.48. The number of rotatable bonds is 3. The summed E-state index contributed by atoms with van der Waals surface area (Å²) in [5.74, 6) is 0. The first-order valence-corrected chi connectivity index (χ1v) is 7.32. The van der Waals surface area contributed by atoms with Crippen LogP contribution in [0.5, 0.6) is 0 Å². The van der Waals surface area contributed by atoms with Crippen molar-refractivity contribution in [1.82, 2.24) is 0 Å². The van der Waals surface area contributed by atoms with E-state index in [9.17, 15) is 8.42 Å². The molecule has 100 valence electrons. The lowest BCUT2D eigenvalue weighted by molar-refractivity contribution is 0.601. The van der Waals surface area contributed by atoms with E-state index in [2.05, 4.69) is 4.72 Å². The number of nitrogens with two attached hydrogens (primary N) is 1. The lowest BCUT2D eigenvalue weighted by Crippen LogP contribution is -2.13. The van der Waals surface area contributed by atoms with Gasteiger partial charge >= 0.3 is 0 Å². The summed E-state index contributed by atoms with van der Waals surface area (Å²) in [5.41, 5.74) is 8.70. The lowest BCUT2D eigenvalue weighted by atomic mass is 10.2. The van der Waals surface area contributed by atoms with E-state index in [0.29, 0.717) is 11.4 Å². The van der Waals surface area contributed by atoms with Crippen LogP contribution in [-0.4, -0.2) is 8.42 Å². The van der Waals surface area contributed by atoms with Crippen molar-refractivity contribution in [2.75, 3.05) is 10.5 Å². The first-order valence-electron chi connectivity index (χ1n) is 5.84. The van der Waals surface area contributed by atoms with Gasteiger partial charge in [0.15, 0.2) is 0 Å². The molecule has 0 heterocycles. The first kappa shape index (κ1) is 13.4. The van der Waals surface area contributed by atoms with Crippen LogP contribution < -0.4 is 10.5 Å². The zero-order chi connectivity index (χ0) is 14.0. The minimum atomic E-state index is -3.55. The van der Waals surface area contributed by atoms with Crippen molar-refractivity contribution >= 4 is 21.4 Å². The zero-order valence-electron chi connectivity index (χ0n) is 10.8. The Bertz CT molecular complexity index is 692. The molecule has 0 aromatic heterocycles.